The molecule has 34 heavy (non-hydrogen) atoms. The number of amides is 4. The lowest BCUT2D eigenvalue weighted by atomic mass is 10.0. The van der Waals surface area contributed by atoms with Crippen LogP contribution in [0.15, 0.2) is 72.3 Å². The molecule has 2 aliphatic heterocycles. The predicted molar refractivity (Wildman–Crippen MR) is 133 cm³/mol. The highest BCUT2D eigenvalue weighted by atomic mass is 35.5. The molecule has 2 aliphatic rings. The van der Waals surface area contributed by atoms with Gasteiger partial charge in [0, 0.05) is 23.8 Å². The summed E-state index contributed by atoms with van der Waals surface area (Å²) in [5, 5.41) is 3.03. The number of aryl methyl sites for hydroxylation is 1. The minimum absolute atomic E-state index is 0.0753. The van der Waals surface area contributed by atoms with Crippen molar-refractivity contribution in [3.05, 3.63) is 99.6 Å². The van der Waals surface area contributed by atoms with E-state index in [1.165, 1.54) is 0 Å². The molecule has 3 aromatic rings. The second kappa shape index (κ2) is 8.80. The molecule has 0 aliphatic carbocycles. The van der Waals surface area contributed by atoms with Crippen LogP contribution in [0.4, 0.5) is 16.2 Å². The summed E-state index contributed by atoms with van der Waals surface area (Å²) in [5.41, 5.74) is 5.18. The van der Waals surface area contributed by atoms with Crippen molar-refractivity contribution in [3.63, 3.8) is 0 Å². The first-order valence-electron chi connectivity index (χ1n) is 11.0. The van der Waals surface area contributed by atoms with E-state index < -0.39 is 17.8 Å². The summed E-state index contributed by atoms with van der Waals surface area (Å²) in [5.74, 6) is -1.33. The molecule has 1 saturated heterocycles. The first-order valence-corrected chi connectivity index (χ1v) is 11.4. The highest BCUT2D eigenvalue weighted by molar-refractivity contribution is 6.39. The summed E-state index contributed by atoms with van der Waals surface area (Å²) in [7, 11) is 0. The predicted octanol–water partition coefficient (Wildman–Crippen LogP) is 4.88. The summed E-state index contributed by atoms with van der Waals surface area (Å²) < 4.78 is 0. The quantitative estimate of drug-likeness (QED) is 0.435. The zero-order chi connectivity index (χ0) is 23.8. The van der Waals surface area contributed by atoms with Crippen LogP contribution < -0.4 is 15.1 Å². The van der Waals surface area contributed by atoms with Crippen LogP contribution in [-0.2, 0) is 22.6 Å². The molecule has 4 amide bonds. The maximum absolute atomic E-state index is 13.2. The van der Waals surface area contributed by atoms with Crippen molar-refractivity contribution in [2.24, 2.45) is 0 Å². The van der Waals surface area contributed by atoms with Gasteiger partial charge in [-0.1, -0.05) is 54.1 Å². The molecule has 2 heterocycles. The van der Waals surface area contributed by atoms with Crippen molar-refractivity contribution in [3.8, 4) is 0 Å². The Hall–Kier alpha value is -3.90. The fourth-order valence-electron chi connectivity index (χ4n) is 4.43. The van der Waals surface area contributed by atoms with Gasteiger partial charge >= 0.3 is 6.03 Å². The molecule has 0 radical (unpaired) electrons. The standard InChI is InChI=1S/C27H22ClN3O3/c1-17-6-2-5-9-23(17)31-26(33)21(25(32)29-27(31)34)15-18-10-11-24-19(14-18)12-13-30(24)16-20-7-3-4-8-22(20)28/h2-11,14-15H,12-13,16H2,1H3,(H,29,32,34)/b21-15-. The first-order chi connectivity index (χ1) is 16.4. The number of anilines is 2. The summed E-state index contributed by atoms with van der Waals surface area (Å²) in [6, 6.07) is 20.0. The maximum Gasteiger partial charge on any atom is 0.335 e. The summed E-state index contributed by atoms with van der Waals surface area (Å²) in [6.45, 7) is 3.38. The average Bonchev–Trinajstić information content (AvgIpc) is 3.21. The first kappa shape index (κ1) is 21.9. The minimum atomic E-state index is -0.745. The summed E-state index contributed by atoms with van der Waals surface area (Å²) in [6.07, 6.45) is 2.40. The van der Waals surface area contributed by atoms with Gasteiger partial charge < -0.3 is 4.90 Å². The number of nitrogens with one attached hydrogen (secondary N) is 1. The Morgan fingerprint density at radius 2 is 1.74 bits per heavy atom. The van der Waals surface area contributed by atoms with Crippen molar-refractivity contribution in [2.45, 2.75) is 19.9 Å². The number of halogens is 1. The van der Waals surface area contributed by atoms with E-state index in [9.17, 15) is 14.4 Å². The monoisotopic (exact) mass is 471 g/mol. The van der Waals surface area contributed by atoms with Crippen LogP contribution in [-0.4, -0.2) is 24.4 Å². The van der Waals surface area contributed by atoms with E-state index in [0.29, 0.717) is 12.2 Å². The van der Waals surface area contributed by atoms with Crippen LogP contribution >= 0.6 is 11.6 Å². The molecule has 6 nitrogen and oxygen atoms in total. The van der Waals surface area contributed by atoms with E-state index >= 15 is 0 Å². The third kappa shape index (κ3) is 3.97. The lowest BCUT2D eigenvalue weighted by molar-refractivity contribution is -0.122. The number of carbonyl (C=O) groups excluding carboxylic acids is 3. The molecule has 0 bridgehead atoms. The molecular weight excluding hydrogens is 450 g/mol. The molecule has 0 spiro atoms. The molecule has 0 atom stereocenters. The number of hydrogen-bond acceptors (Lipinski definition) is 4. The Balaban J connectivity index is 1.43. The molecule has 5 rings (SSSR count). The average molecular weight is 472 g/mol. The Morgan fingerprint density at radius 1 is 0.971 bits per heavy atom. The lowest BCUT2D eigenvalue weighted by Crippen LogP contribution is -2.54. The van der Waals surface area contributed by atoms with E-state index in [2.05, 4.69) is 10.2 Å². The second-order valence-electron chi connectivity index (χ2n) is 8.40. The second-order valence-corrected chi connectivity index (χ2v) is 8.80. The van der Waals surface area contributed by atoms with Gasteiger partial charge in [-0.3, -0.25) is 14.9 Å². The number of hydrogen-bond donors (Lipinski definition) is 1. The van der Waals surface area contributed by atoms with Gasteiger partial charge in [0.15, 0.2) is 0 Å². The van der Waals surface area contributed by atoms with Crippen LogP contribution in [0.5, 0.6) is 0 Å². The molecule has 0 unspecified atom stereocenters. The fraction of sp³-hybridized carbons (Fsp3) is 0.148. The van der Waals surface area contributed by atoms with Crippen molar-refractivity contribution >= 4 is 46.9 Å². The number of carbonyl (C=O) groups is 3. The fourth-order valence-corrected chi connectivity index (χ4v) is 4.63. The van der Waals surface area contributed by atoms with Gasteiger partial charge in [-0.05, 0) is 65.9 Å². The molecule has 7 heteroatoms. The third-order valence-electron chi connectivity index (χ3n) is 6.18. The number of barbiturate groups is 1. The van der Waals surface area contributed by atoms with Gasteiger partial charge in [0.25, 0.3) is 11.8 Å². The zero-order valence-electron chi connectivity index (χ0n) is 18.5. The number of rotatable bonds is 4. The van der Waals surface area contributed by atoms with Gasteiger partial charge in [-0.15, -0.1) is 0 Å². The number of urea groups is 1. The van der Waals surface area contributed by atoms with Gasteiger partial charge in [-0.2, -0.15) is 0 Å². The van der Waals surface area contributed by atoms with E-state index in [4.69, 9.17) is 11.6 Å². The third-order valence-corrected chi connectivity index (χ3v) is 6.55. The van der Waals surface area contributed by atoms with Crippen molar-refractivity contribution in [1.29, 1.82) is 0 Å². The lowest BCUT2D eigenvalue weighted by Gasteiger charge is -2.27. The van der Waals surface area contributed by atoms with Gasteiger partial charge in [-0.25, -0.2) is 9.69 Å². The van der Waals surface area contributed by atoms with Crippen LogP contribution in [0, 0.1) is 6.92 Å². The SMILES string of the molecule is Cc1ccccc1N1C(=O)NC(=O)/C(=C/c2ccc3c(c2)CCN3Cc2ccccc2Cl)C1=O. The molecule has 0 aromatic heterocycles. The summed E-state index contributed by atoms with van der Waals surface area (Å²) >= 11 is 6.33. The highest BCUT2D eigenvalue weighted by Crippen LogP contribution is 2.32. The Kier molecular flexibility index (Phi) is 5.67. The van der Waals surface area contributed by atoms with E-state index in [-0.39, 0.29) is 5.57 Å². The largest absolute Gasteiger partial charge is 0.367 e. The van der Waals surface area contributed by atoms with Crippen LogP contribution in [0.25, 0.3) is 6.08 Å². The normalized spacial score (nSPS) is 16.8. The van der Waals surface area contributed by atoms with E-state index in [0.717, 1.165) is 50.8 Å². The van der Waals surface area contributed by atoms with Crippen molar-refractivity contribution in [2.75, 3.05) is 16.3 Å². The van der Waals surface area contributed by atoms with Gasteiger partial charge in [0.2, 0.25) is 0 Å². The molecule has 3 aromatic carbocycles. The van der Waals surface area contributed by atoms with Gasteiger partial charge in [0.1, 0.15) is 5.57 Å². The van der Waals surface area contributed by atoms with Crippen LogP contribution in [0.1, 0.15) is 22.3 Å². The Morgan fingerprint density at radius 3 is 2.53 bits per heavy atom. The minimum Gasteiger partial charge on any atom is -0.367 e. The van der Waals surface area contributed by atoms with Crippen molar-refractivity contribution < 1.29 is 14.4 Å². The Labute approximate surface area is 202 Å². The smallest absolute Gasteiger partial charge is 0.335 e. The topological polar surface area (TPSA) is 69.7 Å². The molecule has 1 N–H and O–H groups in total. The number of para-hydroxylation sites is 1. The van der Waals surface area contributed by atoms with E-state index in [1.807, 2.05) is 61.5 Å². The number of imide groups is 2. The summed E-state index contributed by atoms with van der Waals surface area (Å²) in [4.78, 5) is 41.5. The molecule has 170 valence electrons. The maximum atomic E-state index is 13.2. The van der Waals surface area contributed by atoms with Crippen molar-refractivity contribution in [1.82, 2.24) is 5.32 Å². The zero-order valence-corrected chi connectivity index (χ0v) is 19.3. The highest BCUT2D eigenvalue weighted by Gasteiger charge is 2.37. The van der Waals surface area contributed by atoms with Crippen LogP contribution in [0.3, 0.4) is 0 Å². The number of nitrogens with zero attached hydrogens (tertiary/aromatic N) is 2. The van der Waals surface area contributed by atoms with E-state index in [1.54, 1.807) is 18.2 Å². The van der Waals surface area contributed by atoms with Crippen LogP contribution in [0.2, 0.25) is 5.02 Å². The Bertz CT molecular complexity index is 1360. The number of fused-ring (bicyclic) bond motifs is 1. The molecule has 0 saturated carbocycles. The molecule has 1 fully saturated rings. The van der Waals surface area contributed by atoms with Gasteiger partial charge in [0.05, 0.1) is 5.69 Å². The molecular formula is C27H22ClN3O3. The number of benzene rings is 3.